The molecule has 0 aromatic carbocycles. The van der Waals surface area contributed by atoms with Gasteiger partial charge in [0.1, 0.15) is 0 Å². The molecule has 0 N–H and O–H groups in total. The maximum Gasteiger partial charge on any atom is 0.228 e. The Balaban J connectivity index is 1.62. The fourth-order valence-corrected chi connectivity index (χ4v) is 7.13. The summed E-state index contributed by atoms with van der Waals surface area (Å²) in [6.45, 7) is 12.6. The van der Waals surface area contributed by atoms with E-state index in [9.17, 15) is 4.79 Å². The van der Waals surface area contributed by atoms with E-state index in [2.05, 4.69) is 32.6 Å². The predicted octanol–water partition coefficient (Wildman–Crippen LogP) is 5.20. The van der Waals surface area contributed by atoms with Crippen molar-refractivity contribution in [2.75, 3.05) is 26.3 Å². The van der Waals surface area contributed by atoms with E-state index >= 15 is 0 Å². The van der Waals surface area contributed by atoms with Gasteiger partial charge in [-0.15, -0.1) is 0 Å². The highest BCUT2D eigenvalue weighted by Crippen LogP contribution is 2.62. The molecule has 0 aromatic rings. The molecule has 3 aliphatic carbocycles. The van der Waals surface area contributed by atoms with Gasteiger partial charge in [0.15, 0.2) is 0 Å². The number of carbonyl (C=O) groups excluding carboxylic acids is 1. The van der Waals surface area contributed by atoms with Crippen LogP contribution in [0.5, 0.6) is 0 Å². The molecule has 4 aliphatic rings. The highest BCUT2D eigenvalue weighted by atomic mass is 16.5. The lowest BCUT2D eigenvalue weighted by Crippen LogP contribution is -2.56. The van der Waals surface area contributed by atoms with E-state index in [1.165, 1.54) is 44.9 Å². The summed E-state index contributed by atoms with van der Waals surface area (Å²) in [4.78, 5) is 15.7. The van der Waals surface area contributed by atoms with Crippen molar-refractivity contribution in [3.8, 4) is 0 Å². The number of amides is 1. The standard InChI is InChI=1S/C24H39NO2/c1-17(2)18-6-8-20-19(16-18)7-9-21-23(20,3)10-5-11-24(21,4)22(26)25-12-14-27-15-13-25/h17-18,21H,5-16H2,1-4H3/t18-,21-,23-,24-/m1/s1. The Labute approximate surface area is 165 Å². The highest BCUT2D eigenvalue weighted by molar-refractivity contribution is 5.83. The minimum Gasteiger partial charge on any atom is -0.378 e. The molecule has 0 bridgehead atoms. The third-order valence-electron chi connectivity index (χ3n) is 8.78. The second-order valence-corrected chi connectivity index (χ2v) is 10.5. The van der Waals surface area contributed by atoms with E-state index in [4.69, 9.17) is 4.74 Å². The quantitative estimate of drug-likeness (QED) is 0.622. The van der Waals surface area contributed by atoms with Crippen molar-refractivity contribution < 1.29 is 9.53 Å². The Bertz CT molecular complexity index is 618. The average molecular weight is 374 g/mol. The maximum absolute atomic E-state index is 13.6. The van der Waals surface area contributed by atoms with Crippen LogP contribution < -0.4 is 0 Å². The predicted molar refractivity (Wildman–Crippen MR) is 109 cm³/mol. The maximum atomic E-state index is 13.6. The van der Waals surface area contributed by atoms with Crippen LogP contribution in [0.25, 0.3) is 0 Å². The van der Waals surface area contributed by atoms with Gasteiger partial charge in [-0.2, -0.15) is 0 Å². The van der Waals surface area contributed by atoms with Gasteiger partial charge in [0, 0.05) is 13.1 Å². The third-order valence-corrected chi connectivity index (χ3v) is 8.78. The van der Waals surface area contributed by atoms with Gasteiger partial charge >= 0.3 is 0 Å². The zero-order valence-corrected chi connectivity index (χ0v) is 18.0. The fourth-order valence-electron chi connectivity index (χ4n) is 7.13. The van der Waals surface area contributed by atoms with Crippen molar-refractivity contribution in [2.24, 2.45) is 28.6 Å². The molecule has 4 rings (SSSR count). The van der Waals surface area contributed by atoms with Crippen molar-refractivity contribution >= 4 is 5.91 Å². The SMILES string of the molecule is CC(C)[C@@H]1CCC2=C(CC[C@H]3[C@](C)(C(=O)N4CCOCC4)CCC[C@]23C)C1. The zero-order valence-electron chi connectivity index (χ0n) is 18.0. The molecule has 4 atom stereocenters. The minimum atomic E-state index is -0.183. The molecule has 2 fully saturated rings. The lowest BCUT2D eigenvalue weighted by Gasteiger charge is -2.57. The normalized spacial score (nSPS) is 40.0. The molecule has 0 aromatic heterocycles. The monoisotopic (exact) mass is 373 g/mol. The van der Waals surface area contributed by atoms with Crippen molar-refractivity contribution in [3.05, 3.63) is 11.1 Å². The molecule has 1 amide bonds. The minimum absolute atomic E-state index is 0.183. The van der Waals surface area contributed by atoms with Gasteiger partial charge in [0.2, 0.25) is 5.91 Å². The van der Waals surface area contributed by atoms with E-state index in [0.717, 1.165) is 31.3 Å². The van der Waals surface area contributed by atoms with Gasteiger partial charge in [-0.1, -0.05) is 45.3 Å². The smallest absolute Gasteiger partial charge is 0.228 e. The van der Waals surface area contributed by atoms with Crippen LogP contribution >= 0.6 is 0 Å². The summed E-state index contributed by atoms with van der Waals surface area (Å²) in [6.07, 6.45) is 9.97. The van der Waals surface area contributed by atoms with Crippen molar-refractivity contribution in [1.82, 2.24) is 4.90 Å². The summed E-state index contributed by atoms with van der Waals surface area (Å²) in [7, 11) is 0. The van der Waals surface area contributed by atoms with E-state index < -0.39 is 0 Å². The molecule has 0 spiro atoms. The fraction of sp³-hybridized carbons (Fsp3) is 0.875. The summed E-state index contributed by atoms with van der Waals surface area (Å²) < 4.78 is 5.50. The van der Waals surface area contributed by atoms with Crippen LogP contribution in [0.15, 0.2) is 11.1 Å². The van der Waals surface area contributed by atoms with E-state index in [0.29, 0.717) is 25.0 Å². The number of nitrogens with zero attached hydrogens (tertiary/aromatic N) is 1. The number of ether oxygens (including phenoxy) is 1. The summed E-state index contributed by atoms with van der Waals surface area (Å²) in [5.41, 5.74) is 3.63. The number of fused-ring (bicyclic) bond motifs is 2. The van der Waals surface area contributed by atoms with Gasteiger partial charge < -0.3 is 9.64 Å². The molecule has 27 heavy (non-hydrogen) atoms. The summed E-state index contributed by atoms with van der Waals surface area (Å²) >= 11 is 0. The molecular weight excluding hydrogens is 334 g/mol. The Morgan fingerprint density at radius 1 is 1.11 bits per heavy atom. The Hall–Kier alpha value is -0.830. The lowest BCUT2D eigenvalue weighted by atomic mass is 9.47. The topological polar surface area (TPSA) is 29.5 Å². The van der Waals surface area contributed by atoms with Crippen molar-refractivity contribution in [3.63, 3.8) is 0 Å². The molecule has 152 valence electrons. The van der Waals surface area contributed by atoms with Gasteiger partial charge in [0.05, 0.1) is 18.6 Å². The summed E-state index contributed by atoms with van der Waals surface area (Å²) in [6, 6.07) is 0. The van der Waals surface area contributed by atoms with Crippen molar-refractivity contribution in [1.29, 1.82) is 0 Å². The van der Waals surface area contributed by atoms with Crippen LogP contribution in [0, 0.1) is 28.6 Å². The second-order valence-electron chi connectivity index (χ2n) is 10.5. The Morgan fingerprint density at radius 3 is 2.56 bits per heavy atom. The van der Waals surface area contributed by atoms with Crippen LogP contribution in [0.2, 0.25) is 0 Å². The largest absolute Gasteiger partial charge is 0.378 e. The highest BCUT2D eigenvalue weighted by Gasteiger charge is 2.56. The molecule has 1 saturated carbocycles. The van der Waals surface area contributed by atoms with Gasteiger partial charge in [-0.25, -0.2) is 0 Å². The van der Waals surface area contributed by atoms with Gasteiger partial charge in [-0.05, 0) is 68.1 Å². The molecular formula is C24H39NO2. The number of rotatable bonds is 2. The summed E-state index contributed by atoms with van der Waals surface area (Å²) in [5, 5.41) is 0. The first-order chi connectivity index (χ1) is 12.9. The molecule has 0 radical (unpaired) electrons. The number of hydrogen-bond acceptors (Lipinski definition) is 2. The number of morpholine rings is 1. The van der Waals surface area contributed by atoms with Crippen LogP contribution in [0.3, 0.4) is 0 Å². The number of hydrogen-bond donors (Lipinski definition) is 0. The molecule has 3 heteroatoms. The second kappa shape index (κ2) is 7.21. The first-order valence-electron chi connectivity index (χ1n) is 11.4. The van der Waals surface area contributed by atoms with Crippen molar-refractivity contribution in [2.45, 2.75) is 79.1 Å². The van der Waals surface area contributed by atoms with Crippen LogP contribution in [0.1, 0.15) is 79.1 Å². The zero-order chi connectivity index (χ0) is 19.2. The molecule has 3 nitrogen and oxygen atoms in total. The van der Waals surface area contributed by atoms with Crippen LogP contribution in [-0.2, 0) is 9.53 Å². The van der Waals surface area contributed by atoms with Crippen LogP contribution in [-0.4, -0.2) is 37.1 Å². The molecule has 1 heterocycles. The number of carbonyl (C=O) groups is 1. The lowest BCUT2D eigenvalue weighted by molar-refractivity contribution is -0.156. The molecule has 1 aliphatic heterocycles. The average Bonchev–Trinajstić information content (AvgIpc) is 2.67. The van der Waals surface area contributed by atoms with E-state index in [1.807, 2.05) is 0 Å². The third kappa shape index (κ3) is 3.18. The molecule has 1 saturated heterocycles. The molecule has 0 unspecified atom stereocenters. The summed E-state index contributed by atoms with van der Waals surface area (Å²) in [5.74, 6) is 2.60. The van der Waals surface area contributed by atoms with E-state index in [-0.39, 0.29) is 10.8 Å². The Kier molecular flexibility index (Phi) is 5.20. The van der Waals surface area contributed by atoms with Gasteiger partial charge in [-0.3, -0.25) is 4.79 Å². The first kappa shape index (κ1) is 19.5. The first-order valence-corrected chi connectivity index (χ1v) is 11.4. The van der Waals surface area contributed by atoms with Crippen LogP contribution in [0.4, 0.5) is 0 Å². The van der Waals surface area contributed by atoms with Gasteiger partial charge in [0.25, 0.3) is 0 Å². The van der Waals surface area contributed by atoms with E-state index in [1.54, 1.807) is 11.1 Å². The number of allylic oxidation sites excluding steroid dienone is 2. The Morgan fingerprint density at radius 2 is 1.85 bits per heavy atom.